The summed E-state index contributed by atoms with van der Waals surface area (Å²) < 4.78 is 48.5. The predicted octanol–water partition coefficient (Wildman–Crippen LogP) is 24.6. The Bertz CT molecular complexity index is 7490. The van der Waals surface area contributed by atoms with Gasteiger partial charge in [-0.05, 0) is 207 Å². The van der Waals surface area contributed by atoms with Gasteiger partial charge in [0.05, 0.1) is 56.0 Å². The standard InChI is InChI=1S/C43H35BN4O2.C39H30BN3O3S.C28H27BN2O2/c1-42(2)43(3,4)50-44(49-42)33-23-20-29(21-24-33)39-45-40(31-19-18-28-12-8-9-13-30(28)26-31)47-41(46-39)32-22-25-38-36(27-32)35-16-10-11-17-37(35)48(38)34-14-6-5-7-15-34;1-38(2)39(3,4)46-40(45-38)26-17-13-23(14-18-26)35-41-36(24-15-19-32-29(21-24)27-9-5-7-11-31(27)44-32)43-37(42-35)25-16-20-34-30(22-25)28-10-6-8-12-33(28)47-34;1-27(2)28(3,4)33-29(32-27)23-17-15-22(16-18-23)26-30-24(20-11-7-5-8-12-20)19-25(31-26)21-13-9-6-10-14-21/h5-27H,1-4H3;5-22H,1-4H3;5-19H,1-4H3. The van der Waals surface area contributed by atoms with Gasteiger partial charge in [-0.25, -0.2) is 39.9 Å². The number of furan rings is 1. The van der Waals surface area contributed by atoms with E-state index in [2.05, 4.69) is 276 Å². The van der Waals surface area contributed by atoms with E-state index in [4.69, 9.17) is 72.2 Å². The third-order valence-corrected chi connectivity index (χ3v) is 27.6. The van der Waals surface area contributed by atoms with Crippen molar-refractivity contribution >= 4 is 124 Å². The fourth-order valence-electron chi connectivity index (χ4n) is 16.9. The topological polar surface area (TPSA) is 177 Å². The highest BCUT2D eigenvalue weighted by Gasteiger charge is 2.54. The second-order valence-corrected chi connectivity index (χ2v) is 37.6. The largest absolute Gasteiger partial charge is 0.494 e. The lowest BCUT2D eigenvalue weighted by molar-refractivity contribution is 0.00578. The number of hydrogen-bond donors (Lipinski definition) is 0. The van der Waals surface area contributed by atoms with Crippen LogP contribution in [-0.2, 0) is 27.9 Å². The van der Waals surface area contributed by atoms with Gasteiger partial charge in [-0.1, -0.05) is 243 Å². The number of hydrogen-bond acceptors (Lipinski definition) is 16. The minimum Gasteiger partial charge on any atom is -0.456 e. The predicted molar refractivity (Wildman–Crippen MR) is 530 cm³/mol. The van der Waals surface area contributed by atoms with Gasteiger partial charge in [0.25, 0.3) is 0 Å². The minimum atomic E-state index is -0.444. The number of benzene rings is 14. The first-order valence-corrected chi connectivity index (χ1v) is 44.9. The van der Waals surface area contributed by atoms with Crippen molar-refractivity contribution in [2.75, 3.05) is 0 Å². The molecule has 20 heteroatoms. The Balaban J connectivity index is 0.000000121. The molecule has 23 rings (SSSR count). The third kappa shape index (κ3) is 15.7. The normalized spacial score (nSPS) is 15.8. The van der Waals surface area contributed by atoms with Crippen molar-refractivity contribution in [1.82, 2.24) is 44.4 Å². The molecule has 3 aliphatic heterocycles. The van der Waals surface area contributed by atoms with Gasteiger partial charge in [-0.15, -0.1) is 11.3 Å². The van der Waals surface area contributed by atoms with Crippen LogP contribution >= 0.6 is 11.3 Å². The molecule has 0 N–H and O–H groups in total. The maximum Gasteiger partial charge on any atom is 0.494 e. The van der Waals surface area contributed by atoms with Gasteiger partial charge < -0.3 is 36.9 Å². The Hall–Kier alpha value is -13.8. The van der Waals surface area contributed by atoms with Crippen LogP contribution in [0, 0.1) is 0 Å². The van der Waals surface area contributed by atoms with Crippen molar-refractivity contribution in [1.29, 1.82) is 0 Å². The van der Waals surface area contributed by atoms with Crippen LogP contribution in [0.25, 0.3) is 183 Å². The van der Waals surface area contributed by atoms with E-state index in [1.54, 1.807) is 11.3 Å². The molecule has 0 saturated carbocycles. The number of rotatable bonds is 13. The van der Waals surface area contributed by atoms with E-state index < -0.39 is 36.6 Å². The molecular weight excluding hydrogens is 1620 g/mol. The van der Waals surface area contributed by atoms with Gasteiger partial charge >= 0.3 is 21.4 Å². The van der Waals surface area contributed by atoms with Gasteiger partial charge in [0.2, 0.25) is 0 Å². The Morgan fingerprint density at radius 2 is 0.569 bits per heavy atom. The number of para-hydroxylation sites is 3. The molecule has 0 spiro atoms. The van der Waals surface area contributed by atoms with Crippen LogP contribution in [-0.4, -0.2) is 99.4 Å². The molecule has 3 fully saturated rings. The molecule has 16 nitrogen and oxygen atoms in total. The van der Waals surface area contributed by atoms with Crippen molar-refractivity contribution in [3.05, 3.63) is 340 Å². The minimum absolute atomic E-state index is 0.367. The summed E-state index contributed by atoms with van der Waals surface area (Å²) in [6.45, 7) is 24.8. The van der Waals surface area contributed by atoms with E-state index in [1.807, 2.05) is 152 Å². The molecule has 14 aromatic carbocycles. The van der Waals surface area contributed by atoms with Crippen LogP contribution in [0.5, 0.6) is 0 Å². The Morgan fingerprint density at radius 1 is 0.231 bits per heavy atom. The summed E-state index contributed by atoms with van der Waals surface area (Å²) in [7, 11) is -1.27. The van der Waals surface area contributed by atoms with Gasteiger partial charge in [0, 0.05) is 97.5 Å². The van der Waals surface area contributed by atoms with Gasteiger partial charge in [-0.2, -0.15) is 0 Å². The van der Waals surface area contributed by atoms with Crippen LogP contribution in [0.2, 0.25) is 0 Å². The van der Waals surface area contributed by atoms with Crippen molar-refractivity contribution in [2.24, 2.45) is 0 Å². The molecule has 0 amide bonds. The molecule has 0 unspecified atom stereocenters. The molecule has 0 radical (unpaired) electrons. The lowest BCUT2D eigenvalue weighted by atomic mass is 9.79. The Morgan fingerprint density at radius 3 is 1.07 bits per heavy atom. The smallest absolute Gasteiger partial charge is 0.456 e. The number of nitrogens with zero attached hydrogens (tertiary/aromatic N) is 9. The average molecular weight is 1720 g/mol. The van der Waals surface area contributed by atoms with E-state index in [-0.39, 0.29) is 18.3 Å². The summed E-state index contributed by atoms with van der Waals surface area (Å²) in [5.74, 6) is 4.35. The highest BCUT2D eigenvalue weighted by atomic mass is 32.1. The third-order valence-electron chi connectivity index (χ3n) is 26.4. The quantitative estimate of drug-likeness (QED) is 0.0996. The molecule has 3 saturated heterocycles. The van der Waals surface area contributed by atoms with E-state index in [1.165, 1.54) is 30.9 Å². The van der Waals surface area contributed by atoms with E-state index in [0.29, 0.717) is 40.8 Å². The highest BCUT2D eigenvalue weighted by Crippen LogP contribution is 2.44. The van der Waals surface area contributed by atoms with E-state index in [0.717, 1.165) is 127 Å². The highest BCUT2D eigenvalue weighted by molar-refractivity contribution is 7.25. The summed E-state index contributed by atoms with van der Waals surface area (Å²) in [6, 6.07) is 116. The van der Waals surface area contributed by atoms with Crippen LogP contribution < -0.4 is 16.4 Å². The summed E-state index contributed by atoms with van der Waals surface area (Å²) >= 11 is 1.80. The molecule has 6 aromatic heterocycles. The molecule has 9 heterocycles. The fourth-order valence-corrected chi connectivity index (χ4v) is 18.0. The average Bonchev–Trinajstić information content (AvgIpc) is 1.53. The summed E-state index contributed by atoms with van der Waals surface area (Å²) in [5.41, 5.74) is 15.9. The van der Waals surface area contributed by atoms with Crippen LogP contribution in [0.1, 0.15) is 83.1 Å². The van der Waals surface area contributed by atoms with Crippen molar-refractivity contribution < 1.29 is 32.3 Å². The zero-order valence-electron chi connectivity index (χ0n) is 74.4. The van der Waals surface area contributed by atoms with Gasteiger partial charge in [0.15, 0.2) is 40.8 Å². The first-order valence-electron chi connectivity index (χ1n) is 44.1. The van der Waals surface area contributed by atoms with Crippen LogP contribution in [0.15, 0.2) is 344 Å². The summed E-state index contributed by atoms with van der Waals surface area (Å²) in [6.07, 6.45) is 0. The molecule has 3 aliphatic rings. The maximum absolute atomic E-state index is 6.32. The number of fused-ring (bicyclic) bond motifs is 10. The van der Waals surface area contributed by atoms with Crippen LogP contribution in [0.4, 0.5) is 0 Å². The summed E-state index contributed by atoms with van der Waals surface area (Å²) in [5, 5.41) is 9.15. The van der Waals surface area contributed by atoms with Crippen molar-refractivity contribution in [2.45, 2.75) is 117 Å². The molecule has 634 valence electrons. The number of aromatic nitrogens is 9. The maximum atomic E-state index is 6.32. The second-order valence-electron chi connectivity index (χ2n) is 36.5. The molecule has 0 bridgehead atoms. The first kappa shape index (κ1) is 83.1. The first-order chi connectivity index (χ1) is 62.8. The van der Waals surface area contributed by atoms with E-state index in [9.17, 15) is 0 Å². The number of thiophene rings is 1. The van der Waals surface area contributed by atoms with Crippen LogP contribution in [0.3, 0.4) is 0 Å². The summed E-state index contributed by atoms with van der Waals surface area (Å²) in [4.78, 5) is 40.2. The SMILES string of the molecule is CC1(C)OB(c2ccc(-c3nc(-c4ccc5ccccc5c4)nc(-c4ccc5c(c4)c4ccccc4n5-c4ccccc4)n3)cc2)OC1(C)C.CC1(C)OB(c2ccc(-c3nc(-c4ccc5oc6ccccc6c5c4)nc(-c4ccc5sc6ccccc6c5c4)n3)cc2)OC1(C)C.CC1(C)OB(c2ccc(-c3nc(-c4ccccc4)cc(-c4ccccc4)n3)cc2)OC1(C)C. The lowest BCUT2D eigenvalue weighted by Gasteiger charge is -2.32. The van der Waals surface area contributed by atoms with Crippen molar-refractivity contribution in [3.8, 4) is 108 Å². The molecule has 20 aromatic rings. The van der Waals surface area contributed by atoms with Crippen molar-refractivity contribution in [3.63, 3.8) is 0 Å². The molecule has 0 aliphatic carbocycles. The molecular formula is C110H92B3N9O7S. The van der Waals surface area contributed by atoms with E-state index >= 15 is 0 Å². The van der Waals surface area contributed by atoms with Gasteiger partial charge in [-0.3, -0.25) is 0 Å². The second kappa shape index (κ2) is 32.8. The monoisotopic (exact) mass is 1720 g/mol. The zero-order valence-corrected chi connectivity index (χ0v) is 75.2. The molecule has 130 heavy (non-hydrogen) atoms. The Kier molecular flexibility index (Phi) is 20.9. The van der Waals surface area contributed by atoms with Gasteiger partial charge in [0.1, 0.15) is 11.2 Å². The molecule has 0 atom stereocenters. The fraction of sp³-hybridized carbons (Fsp3) is 0.164. The Labute approximate surface area is 759 Å². The lowest BCUT2D eigenvalue weighted by Crippen LogP contribution is -2.41. The zero-order chi connectivity index (χ0) is 89.0.